The molecule has 0 unspecified atom stereocenters. The second kappa shape index (κ2) is 11.0. The second-order valence-corrected chi connectivity index (χ2v) is 9.71. The van der Waals surface area contributed by atoms with Gasteiger partial charge in [-0.2, -0.15) is 0 Å². The molecule has 0 amide bonds. The number of ether oxygens (including phenoxy) is 3. The Kier molecular flexibility index (Phi) is 7.73. The fourth-order valence-corrected chi connectivity index (χ4v) is 5.14. The molecule has 0 saturated heterocycles. The summed E-state index contributed by atoms with van der Waals surface area (Å²) >= 11 is 1.23. The van der Waals surface area contributed by atoms with Crippen molar-refractivity contribution in [3.8, 4) is 11.5 Å². The minimum absolute atomic E-state index is 0.0140. The van der Waals surface area contributed by atoms with Gasteiger partial charge < -0.3 is 14.2 Å². The summed E-state index contributed by atoms with van der Waals surface area (Å²) in [7, 11) is 0. The highest BCUT2D eigenvalue weighted by Crippen LogP contribution is 2.31. The number of carbonyl (C=O) groups excluding carboxylic acids is 2. The van der Waals surface area contributed by atoms with Crippen molar-refractivity contribution in [3.05, 3.63) is 90.6 Å². The number of fused-ring (bicyclic) bond motifs is 1. The maximum Gasteiger partial charge on any atom is 0.338 e. The zero-order valence-corrected chi connectivity index (χ0v) is 22.1. The van der Waals surface area contributed by atoms with E-state index in [9.17, 15) is 14.4 Å². The lowest BCUT2D eigenvalue weighted by Crippen LogP contribution is -2.39. The Morgan fingerprint density at radius 1 is 1.14 bits per heavy atom. The van der Waals surface area contributed by atoms with Gasteiger partial charge in [-0.1, -0.05) is 35.6 Å². The van der Waals surface area contributed by atoms with Crippen LogP contribution in [0.1, 0.15) is 51.8 Å². The van der Waals surface area contributed by atoms with Gasteiger partial charge in [0.15, 0.2) is 4.80 Å². The average molecular weight is 521 g/mol. The monoisotopic (exact) mass is 520 g/mol. The highest BCUT2D eigenvalue weighted by atomic mass is 32.1. The van der Waals surface area contributed by atoms with Gasteiger partial charge in [0, 0.05) is 6.92 Å². The van der Waals surface area contributed by atoms with E-state index in [0.717, 1.165) is 5.56 Å². The molecule has 1 aromatic heterocycles. The van der Waals surface area contributed by atoms with Crippen molar-refractivity contribution < 1.29 is 23.8 Å². The van der Waals surface area contributed by atoms with Crippen molar-refractivity contribution in [2.45, 2.75) is 46.8 Å². The van der Waals surface area contributed by atoms with E-state index in [1.165, 1.54) is 22.8 Å². The highest BCUT2D eigenvalue weighted by Gasteiger charge is 2.33. The summed E-state index contributed by atoms with van der Waals surface area (Å²) in [6, 6.07) is 13.5. The third-order valence-corrected chi connectivity index (χ3v) is 6.49. The van der Waals surface area contributed by atoms with E-state index in [-0.39, 0.29) is 18.3 Å². The smallest absolute Gasteiger partial charge is 0.338 e. The largest absolute Gasteiger partial charge is 0.491 e. The first-order valence-corrected chi connectivity index (χ1v) is 12.7. The van der Waals surface area contributed by atoms with Gasteiger partial charge in [-0.15, -0.1) is 0 Å². The van der Waals surface area contributed by atoms with Crippen LogP contribution in [0.3, 0.4) is 0 Å². The number of nitrogens with zero attached hydrogens (tertiary/aromatic N) is 2. The van der Waals surface area contributed by atoms with Gasteiger partial charge in [0.05, 0.1) is 34.6 Å². The molecule has 0 bridgehead atoms. The van der Waals surface area contributed by atoms with Crippen molar-refractivity contribution in [1.82, 2.24) is 4.57 Å². The maximum atomic E-state index is 13.7. The van der Waals surface area contributed by atoms with Crippen LogP contribution in [0.15, 0.2) is 69.6 Å². The molecule has 0 saturated carbocycles. The number of benzene rings is 2. The first kappa shape index (κ1) is 26.1. The number of hydrogen-bond acceptors (Lipinski definition) is 8. The van der Waals surface area contributed by atoms with Gasteiger partial charge in [0.1, 0.15) is 11.5 Å². The van der Waals surface area contributed by atoms with Gasteiger partial charge in [0.25, 0.3) is 5.56 Å². The number of carbonyl (C=O) groups is 2. The minimum Gasteiger partial charge on any atom is -0.491 e. The molecule has 0 radical (unpaired) electrons. The Labute approximate surface area is 218 Å². The van der Waals surface area contributed by atoms with Crippen molar-refractivity contribution in [3.63, 3.8) is 0 Å². The molecule has 2 heterocycles. The van der Waals surface area contributed by atoms with Crippen LogP contribution >= 0.6 is 11.3 Å². The molecule has 3 aromatic rings. The first-order chi connectivity index (χ1) is 17.7. The van der Waals surface area contributed by atoms with E-state index >= 15 is 0 Å². The van der Waals surface area contributed by atoms with Gasteiger partial charge in [-0.25, -0.2) is 9.79 Å². The van der Waals surface area contributed by atoms with E-state index in [1.807, 2.05) is 44.2 Å². The zero-order valence-electron chi connectivity index (χ0n) is 21.3. The number of rotatable bonds is 7. The minimum atomic E-state index is -0.710. The fourth-order valence-electron chi connectivity index (χ4n) is 4.09. The van der Waals surface area contributed by atoms with Gasteiger partial charge >= 0.3 is 11.9 Å². The number of esters is 2. The quantitative estimate of drug-likeness (QED) is 0.350. The second-order valence-electron chi connectivity index (χ2n) is 8.70. The van der Waals surface area contributed by atoms with E-state index < -0.39 is 18.0 Å². The van der Waals surface area contributed by atoms with Crippen molar-refractivity contribution in [2.75, 3.05) is 6.61 Å². The molecule has 192 valence electrons. The van der Waals surface area contributed by atoms with Crippen LogP contribution in [-0.4, -0.2) is 29.2 Å². The molecule has 1 atom stereocenters. The molecule has 1 aliphatic rings. The number of hydrogen-bond donors (Lipinski definition) is 0. The normalized spacial score (nSPS) is 15.3. The predicted octanol–water partition coefficient (Wildman–Crippen LogP) is 3.51. The first-order valence-electron chi connectivity index (χ1n) is 11.9. The third-order valence-electron chi connectivity index (χ3n) is 5.50. The molecule has 4 rings (SSSR count). The summed E-state index contributed by atoms with van der Waals surface area (Å²) in [4.78, 5) is 43.1. The van der Waals surface area contributed by atoms with Crippen LogP contribution < -0.4 is 24.4 Å². The Bertz CT molecular complexity index is 1550. The summed E-state index contributed by atoms with van der Waals surface area (Å²) in [6.07, 6.45) is 1.73. The number of allylic oxidation sites excluding steroid dienone is 1. The number of thiazole rings is 1. The van der Waals surface area contributed by atoms with Gasteiger partial charge in [0.2, 0.25) is 0 Å². The highest BCUT2D eigenvalue weighted by molar-refractivity contribution is 7.07. The van der Waals surface area contributed by atoms with E-state index in [2.05, 4.69) is 4.99 Å². The van der Waals surface area contributed by atoms with Crippen LogP contribution in [0.4, 0.5) is 0 Å². The fraction of sp³-hybridized carbons (Fsp3) is 0.286. The summed E-state index contributed by atoms with van der Waals surface area (Å²) in [5.41, 5.74) is 1.95. The average Bonchev–Trinajstić information content (AvgIpc) is 3.12. The molecule has 9 heteroatoms. The molecule has 0 spiro atoms. The lowest BCUT2D eigenvalue weighted by molar-refractivity contribution is -0.139. The van der Waals surface area contributed by atoms with Crippen molar-refractivity contribution in [2.24, 2.45) is 4.99 Å². The van der Waals surface area contributed by atoms with Crippen LogP contribution in [0.25, 0.3) is 6.08 Å². The molecule has 8 nitrogen and oxygen atoms in total. The van der Waals surface area contributed by atoms with Gasteiger partial charge in [-0.05, 0) is 69.2 Å². The summed E-state index contributed by atoms with van der Waals surface area (Å²) in [5, 5.41) is 0. The van der Waals surface area contributed by atoms with Crippen LogP contribution in [0, 0.1) is 0 Å². The van der Waals surface area contributed by atoms with Crippen molar-refractivity contribution in [1.29, 1.82) is 0 Å². The molecule has 0 aliphatic carbocycles. The predicted molar refractivity (Wildman–Crippen MR) is 140 cm³/mol. The lowest BCUT2D eigenvalue weighted by Gasteiger charge is -2.25. The molecule has 1 aliphatic heterocycles. The molecular formula is C28H28N2O6S. The Morgan fingerprint density at radius 2 is 1.86 bits per heavy atom. The van der Waals surface area contributed by atoms with E-state index in [0.29, 0.717) is 37.7 Å². The molecule has 2 aromatic carbocycles. The summed E-state index contributed by atoms with van der Waals surface area (Å²) in [6.45, 7) is 8.90. The zero-order chi connectivity index (χ0) is 26.7. The third kappa shape index (κ3) is 5.72. The molecule has 0 N–H and O–H groups in total. The Hall–Kier alpha value is -3.98. The summed E-state index contributed by atoms with van der Waals surface area (Å²) < 4.78 is 18.2. The van der Waals surface area contributed by atoms with Crippen LogP contribution in [0.5, 0.6) is 11.5 Å². The summed E-state index contributed by atoms with van der Waals surface area (Å²) in [5.74, 6) is 0.135. The topological polar surface area (TPSA) is 96.2 Å². The van der Waals surface area contributed by atoms with Crippen molar-refractivity contribution >= 4 is 29.4 Å². The van der Waals surface area contributed by atoms with Crippen LogP contribution in [-0.2, 0) is 14.3 Å². The SMILES string of the molecule is CCOC(=O)C1=C(C)N=c2s/c(=C\c3cccc(OC(C)=O)c3)c(=O)n2[C@@H]1c1ccc(OC(C)C)cc1. The molecular weight excluding hydrogens is 492 g/mol. The van der Waals surface area contributed by atoms with Crippen LogP contribution in [0.2, 0.25) is 0 Å². The standard InChI is InChI=1S/C28H28N2O6S/c1-6-34-27(33)24-17(4)29-28-30(25(24)20-10-12-21(13-11-20)35-16(2)3)26(32)23(37-28)15-19-8-7-9-22(14-19)36-18(5)31/h7-16,25H,6H2,1-5H3/b23-15-/t25-/m1/s1. The Balaban J connectivity index is 1.86. The van der Waals surface area contributed by atoms with E-state index in [1.54, 1.807) is 38.1 Å². The maximum absolute atomic E-state index is 13.7. The number of aromatic nitrogens is 1. The lowest BCUT2D eigenvalue weighted by atomic mass is 9.96. The molecule has 37 heavy (non-hydrogen) atoms. The Morgan fingerprint density at radius 3 is 2.51 bits per heavy atom. The van der Waals surface area contributed by atoms with E-state index in [4.69, 9.17) is 14.2 Å². The molecule has 0 fully saturated rings. The van der Waals surface area contributed by atoms with Gasteiger partial charge in [-0.3, -0.25) is 14.2 Å².